The van der Waals surface area contributed by atoms with Gasteiger partial charge in [0.05, 0.1) is 12.5 Å². The molecule has 5 heteroatoms. The second-order valence-electron chi connectivity index (χ2n) is 4.43. The quantitative estimate of drug-likeness (QED) is 0.782. The minimum absolute atomic E-state index is 0.465. The molecular formula is C12H17N3S2. The summed E-state index contributed by atoms with van der Waals surface area (Å²) in [6.45, 7) is 6.21. The molecule has 3 nitrogen and oxygen atoms in total. The Hall–Kier alpha value is -0.650. The number of pyridine rings is 1. The average molecular weight is 267 g/mol. The van der Waals surface area contributed by atoms with E-state index in [2.05, 4.69) is 34.7 Å². The van der Waals surface area contributed by atoms with E-state index in [1.807, 2.05) is 18.5 Å². The lowest BCUT2D eigenvalue weighted by molar-refractivity contribution is 0.182. The van der Waals surface area contributed by atoms with Crippen LogP contribution in [0.5, 0.6) is 0 Å². The Morgan fingerprint density at radius 2 is 2.35 bits per heavy atom. The second-order valence-corrected chi connectivity index (χ2v) is 6.01. The molecule has 0 N–H and O–H groups in total. The smallest absolute Gasteiger partial charge is 0.138 e. The van der Waals surface area contributed by atoms with Gasteiger partial charge < -0.3 is 4.90 Å². The topological polar surface area (TPSA) is 19.4 Å². The lowest BCUT2D eigenvalue weighted by Crippen LogP contribution is -2.47. The molecule has 17 heavy (non-hydrogen) atoms. The number of nitrogens with zero attached hydrogens (tertiary/aromatic N) is 3. The molecule has 0 amide bonds. The maximum atomic E-state index is 5.37. The summed E-state index contributed by atoms with van der Waals surface area (Å²) >= 11 is 7.12. The van der Waals surface area contributed by atoms with Gasteiger partial charge in [0.2, 0.25) is 0 Å². The van der Waals surface area contributed by atoms with Crippen LogP contribution in [0.3, 0.4) is 0 Å². The highest BCUT2D eigenvalue weighted by atomic mass is 32.2. The molecule has 1 aliphatic heterocycles. The highest BCUT2D eigenvalue weighted by molar-refractivity contribution is 8.22. The fourth-order valence-corrected chi connectivity index (χ4v) is 3.09. The van der Waals surface area contributed by atoms with Gasteiger partial charge in [-0.1, -0.05) is 30.0 Å². The zero-order chi connectivity index (χ0) is 12.3. The Morgan fingerprint density at radius 3 is 3.00 bits per heavy atom. The molecule has 0 atom stereocenters. The van der Waals surface area contributed by atoms with E-state index in [4.69, 9.17) is 12.2 Å². The molecule has 1 saturated heterocycles. The number of thioether (sulfide) groups is 1. The van der Waals surface area contributed by atoms with E-state index in [1.54, 1.807) is 11.8 Å². The van der Waals surface area contributed by atoms with E-state index in [0.717, 1.165) is 23.4 Å². The Morgan fingerprint density at radius 1 is 1.53 bits per heavy atom. The average Bonchev–Trinajstić information content (AvgIpc) is 2.32. The van der Waals surface area contributed by atoms with Crippen molar-refractivity contribution in [3.05, 3.63) is 30.1 Å². The van der Waals surface area contributed by atoms with E-state index in [9.17, 15) is 0 Å². The van der Waals surface area contributed by atoms with Crippen LogP contribution < -0.4 is 0 Å². The number of hydrogen-bond donors (Lipinski definition) is 0. The largest absolute Gasteiger partial charge is 0.342 e. The van der Waals surface area contributed by atoms with Crippen LogP contribution in [-0.2, 0) is 6.54 Å². The van der Waals surface area contributed by atoms with E-state index in [1.165, 1.54) is 5.56 Å². The van der Waals surface area contributed by atoms with Crippen molar-refractivity contribution in [2.45, 2.75) is 26.4 Å². The lowest BCUT2D eigenvalue weighted by Gasteiger charge is -2.39. The van der Waals surface area contributed by atoms with Gasteiger partial charge >= 0.3 is 0 Å². The standard InChI is InChI=1S/C12H17N3S2/c1-10(2)15-8-14(9-17-12(15)16)7-11-4-3-5-13-6-11/h3-6,10H,7-9H2,1-2H3. The predicted octanol–water partition coefficient (Wildman–Crippen LogP) is 2.54. The van der Waals surface area contributed by atoms with Crippen molar-refractivity contribution in [3.63, 3.8) is 0 Å². The maximum Gasteiger partial charge on any atom is 0.138 e. The van der Waals surface area contributed by atoms with E-state index >= 15 is 0 Å². The van der Waals surface area contributed by atoms with Gasteiger partial charge in [-0.05, 0) is 25.5 Å². The highest BCUT2D eigenvalue weighted by Gasteiger charge is 2.23. The summed E-state index contributed by atoms with van der Waals surface area (Å²) < 4.78 is 1.02. The third kappa shape index (κ3) is 3.40. The van der Waals surface area contributed by atoms with Crippen LogP contribution in [-0.4, -0.2) is 37.7 Å². The molecule has 1 aromatic rings. The summed E-state index contributed by atoms with van der Waals surface area (Å²) in [5.74, 6) is 0.969. The molecule has 0 aromatic carbocycles. The summed E-state index contributed by atoms with van der Waals surface area (Å²) in [7, 11) is 0. The number of thiocarbonyl (C=S) groups is 1. The van der Waals surface area contributed by atoms with Crippen LogP contribution >= 0.6 is 24.0 Å². The molecule has 0 radical (unpaired) electrons. The van der Waals surface area contributed by atoms with Crippen molar-refractivity contribution >= 4 is 28.3 Å². The molecule has 92 valence electrons. The Balaban J connectivity index is 1.97. The van der Waals surface area contributed by atoms with Gasteiger partial charge in [0.15, 0.2) is 0 Å². The SMILES string of the molecule is CC(C)N1CN(Cc2cccnc2)CSC1=S. The van der Waals surface area contributed by atoms with Crippen molar-refractivity contribution in [3.8, 4) is 0 Å². The number of aromatic nitrogens is 1. The van der Waals surface area contributed by atoms with Crippen molar-refractivity contribution < 1.29 is 0 Å². The summed E-state index contributed by atoms with van der Waals surface area (Å²) in [6.07, 6.45) is 3.74. The Labute approximate surface area is 112 Å². The molecule has 0 aliphatic carbocycles. The van der Waals surface area contributed by atoms with Gasteiger partial charge in [-0.25, -0.2) is 0 Å². The molecule has 0 bridgehead atoms. The minimum Gasteiger partial charge on any atom is -0.342 e. The third-order valence-corrected chi connectivity index (χ3v) is 4.27. The van der Waals surface area contributed by atoms with Crippen molar-refractivity contribution in [2.24, 2.45) is 0 Å². The van der Waals surface area contributed by atoms with Crippen LogP contribution in [0.2, 0.25) is 0 Å². The summed E-state index contributed by atoms with van der Waals surface area (Å²) in [4.78, 5) is 8.80. The summed E-state index contributed by atoms with van der Waals surface area (Å²) in [6, 6.07) is 4.56. The fraction of sp³-hybridized carbons (Fsp3) is 0.500. The van der Waals surface area contributed by atoms with Crippen molar-refractivity contribution in [1.82, 2.24) is 14.8 Å². The first-order valence-electron chi connectivity index (χ1n) is 5.71. The minimum atomic E-state index is 0.465. The third-order valence-electron chi connectivity index (χ3n) is 2.71. The van der Waals surface area contributed by atoms with E-state index in [0.29, 0.717) is 6.04 Å². The van der Waals surface area contributed by atoms with Gasteiger partial charge in [0.25, 0.3) is 0 Å². The van der Waals surface area contributed by atoms with Crippen molar-refractivity contribution in [1.29, 1.82) is 0 Å². The maximum absolute atomic E-state index is 5.37. The highest BCUT2D eigenvalue weighted by Crippen LogP contribution is 2.22. The van der Waals surface area contributed by atoms with Crippen molar-refractivity contribution in [2.75, 3.05) is 12.5 Å². The van der Waals surface area contributed by atoms with E-state index < -0.39 is 0 Å². The monoisotopic (exact) mass is 267 g/mol. The molecule has 1 aromatic heterocycles. The number of hydrogen-bond acceptors (Lipinski definition) is 4. The molecule has 2 rings (SSSR count). The van der Waals surface area contributed by atoms with Gasteiger partial charge in [0, 0.05) is 25.0 Å². The first-order valence-corrected chi connectivity index (χ1v) is 7.11. The predicted molar refractivity (Wildman–Crippen MR) is 76.7 cm³/mol. The molecule has 1 aliphatic rings. The van der Waals surface area contributed by atoms with E-state index in [-0.39, 0.29) is 0 Å². The molecule has 1 fully saturated rings. The van der Waals surface area contributed by atoms with Crippen LogP contribution in [0, 0.1) is 0 Å². The van der Waals surface area contributed by atoms with Crippen LogP contribution in [0.4, 0.5) is 0 Å². The fourth-order valence-electron chi connectivity index (χ4n) is 1.76. The molecule has 2 heterocycles. The first-order chi connectivity index (χ1) is 8.16. The normalized spacial score (nSPS) is 17.8. The number of rotatable bonds is 3. The summed E-state index contributed by atoms with van der Waals surface area (Å²) in [5.41, 5.74) is 1.25. The van der Waals surface area contributed by atoms with Crippen LogP contribution in [0.15, 0.2) is 24.5 Å². The first kappa shape index (κ1) is 12.8. The van der Waals surface area contributed by atoms with Gasteiger partial charge in [-0.15, -0.1) is 0 Å². The van der Waals surface area contributed by atoms with Gasteiger partial charge in [-0.3, -0.25) is 9.88 Å². The molecule has 0 unspecified atom stereocenters. The molecular weight excluding hydrogens is 250 g/mol. The molecule has 0 saturated carbocycles. The van der Waals surface area contributed by atoms with Gasteiger partial charge in [0.1, 0.15) is 4.32 Å². The Kier molecular flexibility index (Phi) is 4.36. The molecule has 0 spiro atoms. The summed E-state index contributed by atoms with van der Waals surface area (Å²) in [5, 5.41) is 0. The zero-order valence-corrected chi connectivity index (χ0v) is 11.8. The Bertz CT molecular complexity index is 381. The second kappa shape index (κ2) is 5.80. The van der Waals surface area contributed by atoms with Crippen LogP contribution in [0.1, 0.15) is 19.4 Å². The van der Waals surface area contributed by atoms with Gasteiger partial charge in [-0.2, -0.15) is 0 Å². The zero-order valence-electron chi connectivity index (χ0n) is 10.2. The lowest BCUT2D eigenvalue weighted by atomic mass is 10.3. The van der Waals surface area contributed by atoms with Crippen LogP contribution in [0.25, 0.3) is 0 Å².